The summed E-state index contributed by atoms with van der Waals surface area (Å²) in [5, 5.41) is 43.6. The molecule has 33 heavy (non-hydrogen) atoms. The molecule has 1 aromatic heterocycles. The van der Waals surface area contributed by atoms with Crippen LogP contribution in [0.25, 0.3) is 0 Å². The fourth-order valence-corrected chi connectivity index (χ4v) is 3.36. The molecule has 0 spiro atoms. The van der Waals surface area contributed by atoms with Crippen LogP contribution in [0.4, 0.5) is 0 Å². The number of aliphatic hydroxyl groups excluding tert-OH is 4. The molecule has 186 valence electrons. The average Bonchev–Trinajstić information content (AvgIpc) is 3.06. The van der Waals surface area contributed by atoms with Crippen molar-refractivity contribution in [1.82, 2.24) is 9.78 Å². The van der Waals surface area contributed by atoms with Gasteiger partial charge in [0.2, 0.25) is 12.2 Å². The van der Waals surface area contributed by atoms with Gasteiger partial charge in [0.25, 0.3) is 0 Å². The number of hydrogen-bond donors (Lipinski definition) is 4. The predicted molar refractivity (Wildman–Crippen MR) is 124 cm³/mol. The number of benzene rings is 1. The Hall–Kier alpha value is -2.17. The number of aliphatic hydroxyl groups is 4. The zero-order valence-corrected chi connectivity index (χ0v) is 20.3. The summed E-state index contributed by atoms with van der Waals surface area (Å²) < 4.78 is 19.0. The number of hydrogen-bond acceptors (Lipinski definition) is 8. The molecule has 0 amide bonds. The van der Waals surface area contributed by atoms with Crippen LogP contribution in [0.2, 0.25) is 0 Å². The maximum Gasteiger partial charge on any atom is 0.239 e. The Bertz CT molecular complexity index is 849. The van der Waals surface area contributed by atoms with Crippen LogP contribution >= 0.6 is 0 Å². The Balaban J connectivity index is 2.35. The minimum absolute atomic E-state index is 0.0627. The van der Waals surface area contributed by atoms with Gasteiger partial charge in [-0.3, -0.25) is 4.68 Å². The molecule has 2 unspecified atom stereocenters. The van der Waals surface area contributed by atoms with Gasteiger partial charge in [-0.05, 0) is 59.2 Å². The molecule has 0 bridgehead atoms. The minimum atomic E-state index is -1.40. The molecule has 9 heteroatoms. The largest absolute Gasteiger partial charge is 0.491 e. The summed E-state index contributed by atoms with van der Waals surface area (Å²) in [4.78, 5) is 0. The molecule has 0 radical (unpaired) electrons. The molecule has 2 rings (SSSR count). The van der Waals surface area contributed by atoms with Crippen LogP contribution in [-0.4, -0.2) is 74.1 Å². The van der Waals surface area contributed by atoms with E-state index in [1.165, 1.54) is 6.92 Å². The molecule has 0 saturated heterocycles. The molecule has 1 heterocycles. The lowest BCUT2D eigenvalue weighted by atomic mass is 10.0. The first-order valence-electron chi connectivity index (χ1n) is 11.3. The van der Waals surface area contributed by atoms with Gasteiger partial charge in [0, 0.05) is 23.7 Å². The molecule has 0 aliphatic heterocycles. The smallest absolute Gasteiger partial charge is 0.239 e. The average molecular weight is 467 g/mol. The van der Waals surface area contributed by atoms with Crippen molar-refractivity contribution in [2.45, 2.75) is 84.7 Å². The lowest BCUT2D eigenvalue weighted by Crippen LogP contribution is -2.44. The second kappa shape index (κ2) is 12.3. The van der Waals surface area contributed by atoms with Gasteiger partial charge in [-0.15, -0.1) is 5.10 Å². The highest BCUT2D eigenvalue weighted by Crippen LogP contribution is 2.29. The predicted octanol–water partition coefficient (Wildman–Crippen LogP) is 1.97. The van der Waals surface area contributed by atoms with E-state index in [0.717, 1.165) is 22.6 Å². The number of aromatic nitrogens is 2. The third-order valence-electron chi connectivity index (χ3n) is 5.16. The first kappa shape index (κ1) is 27.1. The van der Waals surface area contributed by atoms with Crippen LogP contribution in [0.3, 0.4) is 0 Å². The van der Waals surface area contributed by atoms with Crippen molar-refractivity contribution < 1.29 is 34.6 Å². The van der Waals surface area contributed by atoms with Crippen molar-refractivity contribution in [3.63, 3.8) is 0 Å². The van der Waals surface area contributed by atoms with Gasteiger partial charge in [-0.2, -0.15) is 0 Å². The number of nitrogens with zero attached hydrogens (tertiary/aromatic N) is 2. The molecule has 4 N–H and O–H groups in total. The second-order valence-electron chi connectivity index (χ2n) is 8.73. The molecule has 2 aromatic rings. The van der Waals surface area contributed by atoms with Crippen molar-refractivity contribution in [1.29, 1.82) is 0 Å². The summed E-state index contributed by atoms with van der Waals surface area (Å²) in [6, 6.07) is 7.83. The van der Waals surface area contributed by atoms with Crippen LogP contribution in [0.1, 0.15) is 57.5 Å². The lowest BCUT2D eigenvalue weighted by molar-refractivity contribution is -0.206. The summed E-state index contributed by atoms with van der Waals surface area (Å²) in [7, 11) is 0. The lowest BCUT2D eigenvalue weighted by Gasteiger charge is -2.28. The van der Waals surface area contributed by atoms with Gasteiger partial charge in [0.05, 0.1) is 25.4 Å². The third-order valence-corrected chi connectivity index (χ3v) is 5.16. The van der Waals surface area contributed by atoms with Crippen LogP contribution in [0.5, 0.6) is 11.6 Å². The van der Waals surface area contributed by atoms with Gasteiger partial charge in [0.15, 0.2) is 0 Å². The monoisotopic (exact) mass is 466 g/mol. The first-order valence-corrected chi connectivity index (χ1v) is 11.3. The van der Waals surface area contributed by atoms with E-state index < -0.39 is 37.8 Å². The zero-order chi connectivity index (χ0) is 24.7. The Morgan fingerprint density at radius 2 is 1.58 bits per heavy atom. The van der Waals surface area contributed by atoms with E-state index in [1.54, 1.807) is 0 Å². The molecule has 0 aliphatic rings. The minimum Gasteiger partial charge on any atom is -0.491 e. The van der Waals surface area contributed by atoms with Gasteiger partial charge in [0.1, 0.15) is 18.0 Å². The van der Waals surface area contributed by atoms with Gasteiger partial charge < -0.3 is 34.6 Å². The van der Waals surface area contributed by atoms with Gasteiger partial charge in [-0.25, -0.2) is 0 Å². The van der Waals surface area contributed by atoms with E-state index in [2.05, 4.69) is 5.10 Å². The second-order valence-corrected chi connectivity index (χ2v) is 8.73. The Morgan fingerprint density at radius 3 is 2.06 bits per heavy atom. The summed E-state index contributed by atoms with van der Waals surface area (Å²) in [6.45, 7) is 10.2. The van der Waals surface area contributed by atoms with Crippen LogP contribution in [0.15, 0.2) is 24.3 Å². The summed E-state index contributed by atoms with van der Waals surface area (Å²) in [6.07, 6.45) is -4.15. The molecule has 1 aromatic carbocycles. The highest BCUT2D eigenvalue weighted by atomic mass is 16.7. The first-order chi connectivity index (χ1) is 15.6. The fourth-order valence-electron chi connectivity index (χ4n) is 3.36. The molecular weight excluding hydrogens is 428 g/mol. The van der Waals surface area contributed by atoms with Crippen molar-refractivity contribution >= 4 is 0 Å². The molecule has 0 fully saturated rings. The Morgan fingerprint density at radius 1 is 0.939 bits per heavy atom. The van der Waals surface area contributed by atoms with E-state index in [1.807, 2.05) is 63.6 Å². The maximum atomic E-state index is 10.3. The van der Waals surface area contributed by atoms with Crippen LogP contribution in [-0.2, 0) is 11.2 Å². The topological polar surface area (TPSA) is 126 Å². The van der Waals surface area contributed by atoms with Crippen molar-refractivity contribution in [3.8, 4) is 11.6 Å². The van der Waals surface area contributed by atoms with Crippen molar-refractivity contribution in [2.75, 3.05) is 13.2 Å². The molecule has 0 saturated carbocycles. The summed E-state index contributed by atoms with van der Waals surface area (Å²) in [5.74, 6) is 1.04. The quantitative estimate of drug-likeness (QED) is 0.330. The Labute approximate surface area is 195 Å². The zero-order valence-electron chi connectivity index (χ0n) is 20.3. The van der Waals surface area contributed by atoms with Crippen molar-refractivity contribution in [2.24, 2.45) is 0 Å². The van der Waals surface area contributed by atoms with E-state index >= 15 is 0 Å². The maximum absolute atomic E-state index is 10.3. The number of ether oxygens (including phenoxy) is 3. The third kappa shape index (κ3) is 7.41. The molecule has 4 atom stereocenters. The van der Waals surface area contributed by atoms with E-state index in [9.17, 15) is 20.4 Å². The summed E-state index contributed by atoms with van der Waals surface area (Å²) >= 11 is 0. The standard InChI is InChI=1S/C24H38N2O7/c1-14(2)26-16(5)20(11-18-7-9-19(10-8-18)31-15(3)4)23(25-26)33-24(21(30)12-27)32-22(13-28)17(6)29/h7-10,14-15,17,21-22,24,27-30H,11-13H2,1-6H3/t17-,21-,22?,24?/m0/s1. The Kier molecular flexibility index (Phi) is 10.1. The molecule has 0 aliphatic carbocycles. The summed E-state index contributed by atoms with van der Waals surface area (Å²) in [5.41, 5.74) is 2.71. The highest BCUT2D eigenvalue weighted by molar-refractivity contribution is 5.38. The van der Waals surface area contributed by atoms with Crippen molar-refractivity contribution in [3.05, 3.63) is 41.1 Å². The molecule has 9 nitrogen and oxygen atoms in total. The molecular formula is C24H38N2O7. The van der Waals surface area contributed by atoms with Crippen LogP contribution in [0, 0.1) is 6.92 Å². The normalized spacial score (nSPS) is 15.5. The highest BCUT2D eigenvalue weighted by Gasteiger charge is 2.30. The number of rotatable bonds is 13. The van der Waals surface area contributed by atoms with E-state index in [4.69, 9.17) is 14.2 Å². The van der Waals surface area contributed by atoms with Crippen LogP contribution < -0.4 is 9.47 Å². The SMILES string of the molecule is Cc1c(Cc2ccc(OC(C)C)cc2)c(OC(OC(CO)[C@H](C)O)[C@@H](O)CO)nn1C(C)C. The van der Waals surface area contributed by atoms with Gasteiger partial charge >= 0.3 is 0 Å². The van der Waals surface area contributed by atoms with Gasteiger partial charge in [-0.1, -0.05) is 12.1 Å². The fraction of sp³-hybridized carbons (Fsp3) is 0.625. The van der Waals surface area contributed by atoms with E-state index in [0.29, 0.717) is 6.42 Å². The van der Waals surface area contributed by atoms with E-state index in [-0.39, 0.29) is 18.0 Å².